The van der Waals surface area contributed by atoms with E-state index < -0.39 is 29.6 Å². The molecule has 1 aliphatic carbocycles. The summed E-state index contributed by atoms with van der Waals surface area (Å²) < 4.78 is 22.5. The van der Waals surface area contributed by atoms with Gasteiger partial charge in [0.2, 0.25) is 5.60 Å². The Morgan fingerprint density at radius 2 is 1.63 bits per heavy atom. The Balaban J connectivity index is 1.69. The molecule has 0 spiro atoms. The van der Waals surface area contributed by atoms with Gasteiger partial charge in [-0.05, 0) is 74.6 Å². The van der Waals surface area contributed by atoms with E-state index in [4.69, 9.17) is 18.9 Å². The van der Waals surface area contributed by atoms with E-state index >= 15 is 0 Å². The molecule has 0 amide bonds. The molecule has 1 unspecified atom stereocenters. The van der Waals surface area contributed by atoms with Crippen LogP contribution in [0.1, 0.15) is 88.6 Å². The van der Waals surface area contributed by atoms with Crippen LogP contribution >= 0.6 is 0 Å². The van der Waals surface area contributed by atoms with Gasteiger partial charge in [-0.3, -0.25) is 0 Å². The van der Waals surface area contributed by atoms with Crippen molar-refractivity contribution in [3.8, 4) is 5.75 Å². The molecule has 3 atom stereocenters. The first kappa shape index (κ1) is 31.8. The minimum Gasteiger partial charge on any atom is -0.459 e. The maximum absolute atomic E-state index is 13.5. The van der Waals surface area contributed by atoms with Crippen molar-refractivity contribution in [1.82, 2.24) is 0 Å². The molecule has 0 N–H and O–H groups in total. The molecule has 2 aromatic carbocycles. The zero-order valence-electron chi connectivity index (χ0n) is 24.6. The molecule has 0 saturated heterocycles. The van der Waals surface area contributed by atoms with E-state index in [1.165, 1.54) is 18.6 Å². The van der Waals surface area contributed by atoms with E-state index in [0.717, 1.165) is 43.2 Å². The summed E-state index contributed by atoms with van der Waals surface area (Å²) in [6, 6.07) is 15.9. The van der Waals surface area contributed by atoms with Crippen molar-refractivity contribution in [2.75, 3.05) is 6.61 Å². The number of benzene rings is 2. The predicted octanol–water partition coefficient (Wildman–Crippen LogP) is 7.25. The minimum atomic E-state index is -1.66. The van der Waals surface area contributed by atoms with Gasteiger partial charge < -0.3 is 18.9 Å². The van der Waals surface area contributed by atoms with E-state index in [9.17, 15) is 14.4 Å². The molecule has 0 heterocycles. The zero-order valence-corrected chi connectivity index (χ0v) is 24.6. The van der Waals surface area contributed by atoms with Gasteiger partial charge in [-0.1, -0.05) is 75.6 Å². The van der Waals surface area contributed by atoms with Crippen molar-refractivity contribution >= 4 is 23.5 Å². The molecule has 0 fully saturated rings. The Bertz CT molecular complexity index is 1200. The normalized spacial score (nSPS) is 17.7. The maximum Gasteiger partial charge on any atom is 0.360 e. The van der Waals surface area contributed by atoms with Crippen LogP contribution in [-0.4, -0.2) is 42.3 Å². The topological polar surface area (TPSA) is 88.1 Å². The lowest BCUT2D eigenvalue weighted by Crippen LogP contribution is -2.47. The number of esters is 3. The molecule has 1 aliphatic rings. The van der Waals surface area contributed by atoms with Crippen LogP contribution in [-0.2, 0) is 23.8 Å². The lowest BCUT2D eigenvalue weighted by Gasteiger charge is -2.31. The first-order valence-corrected chi connectivity index (χ1v) is 14.6. The van der Waals surface area contributed by atoms with Crippen molar-refractivity contribution < 1.29 is 33.3 Å². The largest absolute Gasteiger partial charge is 0.459 e. The zero-order chi connectivity index (χ0) is 29.7. The molecule has 3 rings (SSSR count). The molecule has 0 bridgehead atoms. The molecule has 0 saturated carbocycles. The van der Waals surface area contributed by atoms with Crippen molar-refractivity contribution in [2.24, 2.45) is 0 Å². The molecule has 7 nitrogen and oxygen atoms in total. The molecular formula is C34H42O7. The average Bonchev–Trinajstić information content (AvgIpc) is 2.99. The molecular weight excluding hydrogens is 520 g/mol. The number of hydrogen-bond acceptors (Lipinski definition) is 7. The third kappa shape index (κ3) is 9.42. The van der Waals surface area contributed by atoms with Gasteiger partial charge in [-0.15, -0.1) is 0 Å². The molecule has 220 valence electrons. The Morgan fingerprint density at radius 1 is 0.902 bits per heavy atom. The molecule has 2 aromatic rings. The summed E-state index contributed by atoms with van der Waals surface area (Å²) >= 11 is 0. The SMILES string of the molecule is CCCCCC[C@H](C)OC(=O)c1ccc(OC(=O)C2(OC(=O)[C@H](C)OCCC)C=CC(c3ccccc3)=CC2)cc1. The Hall–Kier alpha value is -3.71. The van der Waals surface area contributed by atoms with Gasteiger partial charge in [0, 0.05) is 13.0 Å². The highest BCUT2D eigenvalue weighted by molar-refractivity contribution is 5.92. The van der Waals surface area contributed by atoms with Gasteiger partial charge in [-0.25, -0.2) is 14.4 Å². The van der Waals surface area contributed by atoms with E-state index in [0.29, 0.717) is 12.2 Å². The van der Waals surface area contributed by atoms with E-state index in [-0.39, 0.29) is 18.3 Å². The summed E-state index contributed by atoms with van der Waals surface area (Å²) in [6.07, 6.45) is 10.3. The van der Waals surface area contributed by atoms with Gasteiger partial charge >= 0.3 is 17.9 Å². The Morgan fingerprint density at radius 3 is 2.27 bits per heavy atom. The van der Waals surface area contributed by atoms with Crippen LogP contribution < -0.4 is 4.74 Å². The van der Waals surface area contributed by atoms with Gasteiger partial charge in [0.05, 0.1) is 11.7 Å². The second-order valence-corrected chi connectivity index (χ2v) is 10.4. The second kappa shape index (κ2) is 15.9. The van der Waals surface area contributed by atoms with Crippen molar-refractivity contribution in [2.45, 2.75) is 90.4 Å². The van der Waals surface area contributed by atoms with Gasteiger partial charge in [0.15, 0.2) is 6.10 Å². The summed E-state index contributed by atoms with van der Waals surface area (Å²) in [5.41, 5.74) is 0.586. The molecule has 41 heavy (non-hydrogen) atoms. The third-order valence-corrected chi connectivity index (χ3v) is 6.87. The van der Waals surface area contributed by atoms with Crippen LogP contribution in [0.4, 0.5) is 0 Å². The van der Waals surface area contributed by atoms with Crippen LogP contribution in [0.15, 0.2) is 72.8 Å². The lowest BCUT2D eigenvalue weighted by atomic mass is 9.89. The maximum atomic E-state index is 13.5. The fraction of sp³-hybridized carbons (Fsp3) is 0.441. The van der Waals surface area contributed by atoms with Crippen LogP contribution in [0, 0.1) is 0 Å². The first-order chi connectivity index (χ1) is 19.8. The van der Waals surface area contributed by atoms with Crippen molar-refractivity contribution in [3.63, 3.8) is 0 Å². The van der Waals surface area contributed by atoms with Gasteiger partial charge in [0.1, 0.15) is 5.75 Å². The number of unbranched alkanes of at least 4 members (excludes halogenated alkanes) is 3. The third-order valence-electron chi connectivity index (χ3n) is 6.87. The molecule has 0 radical (unpaired) electrons. The minimum absolute atomic E-state index is 0.0966. The highest BCUT2D eigenvalue weighted by atomic mass is 16.6. The highest BCUT2D eigenvalue weighted by Crippen LogP contribution is 2.32. The first-order valence-electron chi connectivity index (χ1n) is 14.6. The summed E-state index contributed by atoms with van der Waals surface area (Å²) in [6.45, 7) is 7.99. The fourth-order valence-electron chi connectivity index (χ4n) is 4.38. The van der Waals surface area contributed by atoms with E-state index in [2.05, 4.69) is 6.92 Å². The summed E-state index contributed by atoms with van der Waals surface area (Å²) in [7, 11) is 0. The number of carbonyl (C=O) groups is 3. The standard InChI is InChI=1S/C34H42O7/c1-5-7-8-10-13-25(3)39-32(36)29-16-18-30(19-17-29)40-33(37)34(41-31(35)26(4)38-24-6-2)22-20-28(21-23-34)27-14-11-9-12-15-27/h9,11-12,14-22,25-26H,5-8,10,13,23-24H2,1-4H3/t25-,26-,34?/m0/s1. The quantitative estimate of drug-likeness (QED) is 0.128. The van der Waals surface area contributed by atoms with E-state index in [1.54, 1.807) is 31.2 Å². The number of rotatable bonds is 15. The van der Waals surface area contributed by atoms with Crippen molar-refractivity contribution in [3.05, 3.63) is 84.0 Å². The molecule has 0 aromatic heterocycles. The van der Waals surface area contributed by atoms with Crippen LogP contribution in [0.5, 0.6) is 5.75 Å². The summed E-state index contributed by atoms with van der Waals surface area (Å²) in [4.78, 5) is 38.9. The van der Waals surface area contributed by atoms with Crippen molar-refractivity contribution in [1.29, 1.82) is 0 Å². The predicted molar refractivity (Wildman–Crippen MR) is 158 cm³/mol. The average molecular weight is 563 g/mol. The number of allylic oxidation sites excluding steroid dienone is 2. The van der Waals surface area contributed by atoms with Crippen LogP contribution in [0.2, 0.25) is 0 Å². The van der Waals surface area contributed by atoms with E-state index in [1.807, 2.05) is 50.3 Å². The second-order valence-electron chi connectivity index (χ2n) is 10.4. The lowest BCUT2D eigenvalue weighted by molar-refractivity contribution is -0.178. The summed E-state index contributed by atoms with van der Waals surface area (Å²) in [5.74, 6) is -1.61. The smallest absolute Gasteiger partial charge is 0.360 e. The van der Waals surface area contributed by atoms with Crippen LogP contribution in [0.3, 0.4) is 0 Å². The number of hydrogen-bond donors (Lipinski definition) is 0. The summed E-state index contributed by atoms with van der Waals surface area (Å²) in [5, 5.41) is 0. The van der Waals surface area contributed by atoms with Crippen LogP contribution in [0.25, 0.3) is 5.57 Å². The molecule has 0 aliphatic heterocycles. The number of carbonyl (C=O) groups excluding carboxylic acids is 3. The molecule has 7 heteroatoms. The number of ether oxygens (including phenoxy) is 4. The van der Waals surface area contributed by atoms with Gasteiger partial charge in [-0.2, -0.15) is 0 Å². The monoisotopic (exact) mass is 562 g/mol. The fourth-order valence-corrected chi connectivity index (χ4v) is 4.38. The van der Waals surface area contributed by atoms with Gasteiger partial charge in [0.25, 0.3) is 0 Å². The Labute approximate surface area is 243 Å². The highest BCUT2D eigenvalue weighted by Gasteiger charge is 2.44. The Kier molecular flexibility index (Phi) is 12.3.